The standard InChI is InChI=1S/C18H35N3O3/c1-13(22)19-12-21(16(23)24-18(5,6)7)15-10-8-14(9-11-15)20-17(2,3)4/h14-15,20H,8-12H2,1-7H3,(H,19,22)/t14-,15+. The first kappa shape index (κ1) is 20.7. The third kappa shape index (κ3) is 7.99. The molecule has 0 atom stereocenters. The van der Waals surface area contributed by atoms with Crippen molar-refractivity contribution in [2.75, 3.05) is 6.67 Å². The Kier molecular flexibility index (Phi) is 7.08. The van der Waals surface area contributed by atoms with E-state index >= 15 is 0 Å². The molecule has 0 aliphatic heterocycles. The van der Waals surface area contributed by atoms with Gasteiger partial charge in [0, 0.05) is 24.5 Å². The highest BCUT2D eigenvalue weighted by Crippen LogP contribution is 2.25. The van der Waals surface area contributed by atoms with Crippen LogP contribution in [0.1, 0.15) is 74.1 Å². The maximum atomic E-state index is 12.5. The molecule has 6 heteroatoms. The monoisotopic (exact) mass is 341 g/mol. The highest BCUT2D eigenvalue weighted by atomic mass is 16.6. The molecule has 1 aliphatic carbocycles. The molecule has 1 fully saturated rings. The minimum absolute atomic E-state index is 0.0958. The number of carbonyl (C=O) groups excluding carboxylic acids is 2. The summed E-state index contributed by atoms with van der Waals surface area (Å²) >= 11 is 0. The number of rotatable bonds is 4. The van der Waals surface area contributed by atoms with Crippen molar-refractivity contribution in [2.45, 2.75) is 97.4 Å². The summed E-state index contributed by atoms with van der Waals surface area (Å²) in [7, 11) is 0. The van der Waals surface area contributed by atoms with Gasteiger partial charge < -0.3 is 15.4 Å². The molecular formula is C18H35N3O3. The summed E-state index contributed by atoms with van der Waals surface area (Å²) in [5.74, 6) is -0.147. The van der Waals surface area contributed by atoms with Gasteiger partial charge in [0.15, 0.2) is 0 Å². The lowest BCUT2D eigenvalue weighted by atomic mass is 9.89. The third-order valence-electron chi connectivity index (χ3n) is 3.90. The number of nitrogens with zero attached hydrogens (tertiary/aromatic N) is 1. The first-order valence-corrected chi connectivity index (χ1v) is 8.89. The van der Waals surface area contributed by atoms with Gasteiger partial charge in [0.05, 0.1) is 6.67 Å². The normalized spacial score (nSPS) is 22.0. The van der Waals surface area contributed by atoms with E-state index in [1.807, 2.05) is 20.8 Å². The van der Waals surface area contributed by atoms with Gasteiger partial charge in [-0.15, -0.1) is 0 Å². The Bertz CT molecular complexity index is 430. The Hall–Kier alpha value is -1.30. The fraction of sp³-hybridized carbons (Fsp3) is 0.889. The van der Waals surface area contributed by atoms with Gasteiger partial charge in [-0.3, -0.25) is 9.69 Å². The van der Waals surface area contributed by atoms with Crippen molar-refractivity contribution in [1.82, 2.24) is 15.5 Å². The maximum absolute atomic E-state index is 12.5. The van der Waals surface area contributed by atoms with E-state index in [1.165, 1.54) is 6.92 Å². The van der Waals surface area contributed by atoms with E-state index in [-0.39, 0.29) is 30.2 Å². The average Bonchev–Trinajstić information content (AvgIpc) is 2.36. The number of hydrogen-bond acceptors (Lipinski definition) is 4. The minimum atomic E-state index is -0.545. The van der Waals surface area contributed by atoms with Crippen molar-refractivity contribution >= 4 is 12.0 Å². The van der Waals surface area contributed by atoms with Crippen molar-refractivity contribution in [1.29, 1.82) is 0 Å². The largest absolute Gasteiger partial charge is 0.444 e. The van der Waals surface area contributed by atoms with Gasteiger partial charge in [-0.05, 0) is 67.2 Å². The van der Waals surface area contributed by atoms with Crippen LogP contribution < -0.4 is 10.6 Å². The molecule has 0 radical (unpaired) electrons. The van der Waals surface area contributed by atoms with Crippen LogP contribution in [-0.2, 0) is 9.53 Å². The Balaban J connectivity index is 2.67. The van der Waals surface area contributed by atoms with E-state index in [4.69, 9.17) is 4.74 Å². The van der Waals surface area contributed by atoms with Crippen LogP contribution in [-0.4, -0.2) is 46.8 Å². The van der Waals surface area contributed by atoms with Crippen LogP contribution in [0.4, 0.5) is 4.79 Å². The van der Waals surface area contributed by atoms with Crippen LogP contribution in [0.15, 0.2) is 0 Å². The molecule has 2 N–H and O–H groups in total. The van der Waals surface area contributed by atoms with Crippen molar-refractivity contribution in [2.24, 2.45) is 0 Å². The number of hydrogen-bond donors (Lipinski definition) is 2. The molecule has 0 aromatic heterocycles. The molecule has 24 heavy (non-hydrogen) atoms. The SMILES string of the molecule is CC(=O)NCN(C(=O)OC(C)(C)C)[C@H]1CC[C@@H](NC(C)(C)C)CC1. The molecule has 1 rings (SSSR count). The minimum Gasteiger partial charge on any atom is -0.444 e. The van der Waals surface area contributed by atoms with Crippen LogP contribution in [0.25, 0.3) is 0 Å². The molecule has 0 bridgehead atoms. The molecule has 0 aromatic rings. The molecule has 0 heterocycles. The third-order valence-corrected chi connectivity index (χ3v) is 3.90. The lowest BCUT2D eigenvalue weighted by Gasteiger charge is -2.39. The van der Waals surface area contributed by atoms with Crippen LogP contribution in [0.2, 0.25) is 0 Å². The van der Waals surface area contributed by atoms with E-state index in [0.29, 0.717) is 6.04 Å². The molecule has 1 saturated carbocycles. The smallest absolute Gasteiger partial charge is 0.411 e. The molecule has 0 unspecified atom stereocenters. The highest BCUT2D eigenvalue weighted by molar-refractivity contribution is 5.74. The Morgan fingerprint density at radius 1 is 1.04 bits per heavy atom. The van der Waals surface area contributed by atoms with Gasteiger partial charge in [0.2, 0.25) is 5.91 Å². The van der Waals surface area contributed by atoms with Gasteiger partial charge in [0.1, 0.15) is 5.60 Å². The molecule has 0 spiro atoms. The van der Waals surface area contributed by atoms with E-state index in [1.54, 1.807) is 4.90 Å². The van der Waals surface area contributed by atoms with Gasteiger partial charge in [0.25, 0.3) is 0 Å². The van der Waals surface area contributed by atoms with Gasteiger partial charge in [-0.2, -0.15) is 0 Å². The number of carbonyl (C=O) groups is 2. The second-order valence-corrected chi connectivity index (χ2v) is 8.74. The zero-order valence-electron chi connectivity index (χ0n) is 16.4. The zero-order valence-corrected chi connectivity index (χ0v) is 16.4. The lowest BCUT2D eigenvalue weighted by molar-refractivity contribution is -0.119. The highest BCUT2D eigenvalue weighted by Gasteiger charge is 2.32. The average molecular weight is 341 g/mol. The zero-order chi connectivity index (χ0) is 18.5. The van der Waals surface area contributed by atoms with Gasteiger partial charge in [-0.25, -0.2) is 4.79 Å². The molecule has 140 valence electrons. The van der Waals surface area contributed by atoms with Crippen LogP contribution in [0.3, 0.4) is 0 Å². The van der Waals surface area contributed by atoms with Crippen molar-refractivity contribution in [3.63, 3.8) is 0 Å². The Morgan fingerprint density at radius 3 is 2.00 bits per heavy atom. The van der Waals surface area contributed by atoms with E-state index in [9.17, 15) is 9.59 Å². The van der Waals surface area contributed by atoms with Crippen LogP contribution in [0, 0.1) is 0 Å². The molecule has 0 aromatic carbocycles. The molecule has 0 saturated heterocycles. The molecular weight excluding hydrogens is 306 g/mol. The second kappa shape index (κ2) is 8.19. The van der Waals surface area contributed by atoms with Crippen molar-refractivity contribution in [3.05, 3.63) is 0 Å². The van der Waals surface area contributed by atoms with Gasteiger partial charge >= 0.3 is 6.09 Å². The fourth-order valence-electron chi connectivity index (χ4n) is 3.00. The van der Waals surface area contributed by atoms with E-state index < -0.39 is 5.60 Å². The second-order valence-electron chi connectivity index (χ2n) is 8.74. The fourth-order valence-corrected chi connectivity index (χ4v) is 3.00. The van der Waals surface area contributed by atoms with Crippen molar-refractivity contribution < 1.29 is 14.3 Å². The molecule has 6 nitrogen and oxygen atoms in total. The topological polar surface area (TPSA) is 70.7 Å². The van der Waals surface area contributed by atoms with E-state index in [0.717, 1.165) is 25.7 Å². The predicted octanol–water partition coefficient (Wildman–Crippen LogP) is 3.02. The predicted molar refractivity (Wildman–Crippen MR) is 95.7 cm³/mol. The quantitative estimate of drug-likeness (QED) is 0.771. The summed E-state index contributed by atoms with van der Waals surface area (Å²) < 4.78 is 5.51. The number of amides is 2. The maximum Gasteiger partial charge on any atom is 0.411 e. The number of ether oxygens (including phenoxy) is 1. The first-order valence-electron chi connectivity index (χ1n) is 8.89. The summed E-state index contributed by atoms with van der Waals surface area (Å²) in [5, 5.41) is 6.36. The molecule has 1 aliphatic rings. The summed E-state index contributed by atoms with van der Waals surface area (Å²) in [6, 6.07) is 0.576. The summed E-state index contributed by atoms with van der Waals surface area (Å²) in [6.45, 7) is 13.7. The first-order chi connectivity index (χ1) is 10.9. The van der Waals surface area contributed by atoms with Crippen molar-refractivity contribution in [3.8, 4) is 0 Å². The Morgan fingerprint density at radius 2 is 1.58 bits per heavy atom. The van der Waals surface area contributed by atoms with Crippen LogP contribution in [0.5, 0.6) is 0 Å². The summed E-state index contributed by atoms with van der Waals surface area (Å²) in [4.78, 5) is 25.4. The molecule has 2 amide bonds. The van der Waals surface area contributed by atoms with E-state index in [2.05, 4.69) is 31.4 Å². The van der Waals surface area contributed by atoms with Gasteiger partial charge in [-0.1, -0.05) is 0 Å². The number of nitrogens with one attached hydrogen (secondary N) is 2. The summed E-state index contributed by atoms with van der Waals surface area (Å²) in [5.41, 5.74) is -0.449. The Labute approximate surface area is 146 Å². The summed E-state index contributed by atoms with van der Waals surface area (Å²) in [6.07, 6.45) is 3.49. The van der Waals surface area contributed by atoms with Crippen LogP contribution >= 0.6 is 0 Å². The lowest BCUT2D eigenvalue weighted by Crippen LogP contribution is -2.52.